The Kier molecular flexibility index (Phi) is 6.72. The van der Waals surface area contributed by atoms with E-state index in [4.69, 9.17) is 0 Å². The van der Waals surface area contributed by atoms with Crippen LogP contribution in [0.25, 0.3) is 0 Å². The van der Waals surface area contributed by atoms with Crippen molar-refractivity contribution in [3.05, 3.63) is 0 Å². The molecule has 2 N–H and O–H groups in total. The molecule has 0 aromatic rings. The average molecular weight is 255 g/mol. The minimum absolute atomic E-state index is 0.0199. The molecule has 1 aliphatic carbocycles. The number of carbonyl (C=O) groups is 2. The third-order valence-corrected chi connectivity index (χ3v) is 3.28. The van der Waals surface area contributed by atoms with Crippen molar-refractivity contribution in [3.8, 4) is 0 Å². The fourth-order valence-electron chi connectivity index (χ4n) is 2.12. The van der Waals surface area contributed by atoms with Crippen molar-refractivity contribution in [1.82, 2.24) is 15.5 Å². The van der Waals surface area contributed by atoms with E-state index in [-0.39, 0.29) is 18.4 Å². The van der Waals surface area contributed by atoms with Crippen LogP contribution in [0.4, 0.5) is 0 Å². The Balaban J connectivity index is 2.17. The Bertz CT molecular complexity index is 275. The van der Waals surface area contributed by atoms with Gasteiger partial charge in [0.25, 0.3) is 0 Å². The number of carbonyl (C=O) groups excluding carboxylic acids is 2. The molecule has 1 aliphatic rings. The first-order valence-electron chi connectivity index (χ1n) is 6.87. The van der Waals surface area contributed by atoms with E-state index in [1.165, 1.54) is 17.7 Å². The molecular formula is C13H25N3O2. The predicted molar refractivity (Wildman–Crippen MR) is 71.2 cm³/mol. The van der Waals surface area contributed by atoms with Crippen LogP contribution < -0.4 is 10.6 Å². The number of hydrogen-bond donors (Lipinski definition) is 2. The molecule has 0 aromatic heterocycles. The van der Waals surface area contributed by atoms with Gasteiger partial charge in [-0.3, -0.25) is 9.59 Å². The van der Waals surface area contributed by atoms with Crippen molar-refractivity contribution >= 4 is 11.8 Å². The molecule has 5 heteroatoms. The molecule has 0 saturated heterocycles. The van der Waals surface area contributed by atoms with E-state index >= 15 is 0 Å². The molecule has 0 aromatic carbocycles. The zero-order chi connectivity index (χ0) is 13.4. The molecule has 0 spiro atoms. The van der Waals surface area contributed by atoms with E-state index < -0.39 is 0 Å². The Morgan fingerprint density at radius 2 is 1.94 bits per heavy atom. The normalized spacial score (nSPS) is 15.7. The van der Waals surface area contributed by atoms with Crippen LogP contribution in [0.5, 0.6) is 0 Å². The van der Waals surface area contributed by atoms with Crippen LogP contribution in [-0.4, -0.2) is 49.4 Å². The maximum atomic E-state index is 11.8. The number of nitrogens with zero attached hydrogens (tertiary/aromatic N) is 1. The minimum atomic E-state index is -0.0893. The standard InChI is InChI=1S/C13H25N3O2/c1-3-8-14-12(17)10-16(2)13(18)9-15-11-6-4-5-7-11/h11,15H,3-10H2,1-2H3,(H,14,17). The Hall–Kier alpha value is -1.10. The van der Waals surface area contributed by atoms with E-state index in [0.29, 0.717) is 19.1 Å². The maximum absolute atomic E-state index is 11.8. The topological polar surface area (TPSA) is 61.4 Å². The fraction of sp³-hybridized carbons (Fsp3) is 0.846. The van der Waals surface area contributed by atoms with Crippen molar-refractivity contribution < 1.29 is 9.59 Å². The summed E-state index contributed by atoms with van der Waals surface area (Å²) < 4.78 is 0. The summed E-state index contributed by atoms with van der Waals surface area (Å²) in [4.78, 5) is 24.7. The molecule has 2 amide bonds. The van der Waals surface area contributed by atoms with Crippen LogP contribution in [0.3, 0.4) is 0 Å². The molecule has 0 unspecified atom stereocenters. The summed E-state index contributed by atoms with van der Waals surface area (Å²) in [6.07, 6.45) is 5.73. The summed E-state index contributed by atoms with van der Waals surface area (Å²) in [6.45, 7) is 3.15. The largest absolute Gasteiger partial charge is 0.355 e. The number of amides is 2. The Morgan fingerprint density at radius 1 is 1.28 bits per heavy atom. The predicted octanol–water partition coefficient (Wildman–Crippen LogP) is 0.503. The third-order valence-electron chi connectivity index (χ3n) is 3.28. The molecule has 104 valence electrons. The summed E-state index contributed by atoms with van der Waals surface area (Å²) in [5, 5.41) is 6.02. The molecule has 0 bridgehead atoms. The van der Waals surface area contributed by atoms with Gasteiger partial charge in [0.1, 0.15) is 0 Å². The first-order chi connectivity index (χ1) is 8.63. The number of rotatable bonds is 7. The highest BCUT2D eigenvalue weighted by atomic mass is 16.2. The monoisotopic (exact) mass is 255 g/mol. The van der Waals surface area contributed by atoms with E-state index in [2.05, 4.69) is 10.6 Å². The van der Waals surface area contributed by atoms with Crippen molar-refractivity contribution in [1.29, 1.82) is 0 Å². The van der Waals surface area contributed by atoms with Crippen LogP contribution in [-0.2, 0) is 9.59 Å². The fourth-order valence-corrected chi connectivity index (χ4v) is 2.12. The lowest BCUT2D eigenvalue weighted by molar-refractivity contribution is -0.134. The van der Waals surface area contributed by atoms with Gasteiger partial charge in [-0.2, -0.15) is 0 Å². The van der Waals surface area contributed by atoms with Gasteiger partial charge in [-0.05, 0) is 19.3 Å². The van der Waals surface area contributed by atoms with Gasteiger partial charge in [0, 0.05) is 19.6 Å². The second-order valence-corrected chi connectivity index (χ2v) is 4.96. The zero-order valence-corrected chi connectivity index (χ0v) is 11.5. The van der Waals surface area contributed by atoms with Crippen molar-refractivity contribution in [2.45, 2.75) is 45.1 Å². The first-order valence-corrected chi connectivity index (χ1v) is 6.87. The molecule has 18 heavy (non-hydrogen) atoms. The Morgan fingerprint density at radius 3 is 2.56 bits per heavy atom. The summed E-state index contributed by atoms with van der Waals surface area (Å²) in [6, 6.07) is 0.483. The van der Waals surface area contributed by atoms with Gasteiger partial charge in [-0.1, -0.05) is 19.8 Å². The van der Waals surface area contributed by atoms with Gasteiger partial charge < -0.3 is 15.5 Å². The van der Waals surface area contributed by atoms with Crippen LogP contribution in [0.1, 0.15) is 39.0 Å². The van der Waals surface area contributed by atoms with Gasteiger partial charge in [0.2, 0.25) is 11.8 Å². The highest BCUT2D eigenvalue weighted by molar-refractivity contribution is 5.85. The third kappa shape index (κ3) is 5.49. The molecule has 0 heterocycles. The molecule has 0 radical (unpaired) electrons. The lowest BCUT2D eigenvalue weighted by atomic mass is 10.2. The smallest absolute Gasteiger partial charge is 0.239 e. The molecule has 5 nitrogen and oxygen atoms in total. The van der Waals surface area contributed by atoms with Gasteiger partial charge in [-0.15, -0.1) is 0 Å². The van der Waals surface area contributed by atoms with Gasteiger partial charge in [-0.25, -0.2) is 0 Å². The van der Waals surface area contributed by atoms with Gasteiger partial charge in [0.15, 0.2) is 0 Å². The lowest BCUT2D eigenvalue weighted by Crippen LogP contribution is -2.43. The highest BCUT2D eigenvalue weighted by Crippen LogP contribution is 2.17. The number of hydrogen-bond acceptors (Lipinski definition) is 3. The van der Waals surface area contributed by atoms with Crippen molar-refractivity contribution in [2.24, 2.45) is 0 Å². The van der Waals surface area contributed by atoms with Crippen LogP contribution in [0.15, 0.2) is 0 Å². The lowest BCUT2D eigenvalue weighted by Gasteiger charge is -2.18. The van der Waals surface area contributed by atoms with Crippen LogP contribution in [0, 0.1) is 0 Å². The summed E-state index contributed by atoms with van der Waals surface area (Å²) >= 11 is 0. The molecule has 1 saturated carbocycles. The average Bonchev–Trinajstić information content (AvgIpc) is 2.86. The van der Waals surface area contributed by atoms with Crippen LogP contribution >= 0.6 is 0 Å². The second kappa shape index (κ2) is 8.08. The van der Waals surface area contributed by atoms with E-state index in [1.807, 2.05) is 6.92 Å². The Labute approximate surface area is 109 Å². The summed E-state index contributed by atoms with van der Waals surface area (Å²) in [5.41, 5.74) is 0. The minimum Gasteiger partial charge on any atom is -0.355 e. The van der Waals surface area contributed by atoms with Crippen LogP contribution in [0.2, 0.25) is 0 Å². The van der Waals surface area contributed by atoms with E-state index in [9.17, 15) is 9.59 Å². The summed E-state index contributed by atoms with van der Waals surface area (Å²) in [5.74, 6) is -0.109. The second-order valence-electron chi connectivity index (χ2n) is 4.96. The highest BCUT2D eigenvalue weighted by Gasteiger charge is 2.17. The van der Waals surface area contributed by atoms with Gasteiger partial charge >= 0.3 is 0 Å². The quantitative estimate of drug-likeness (QED) is 0.696. The molecule has 1 rings (SSSR count). The van der Waals surface area contributed by atoms with E-state index in [0.717, 1.165) is 19.3 Å². The van der Waals surface area contributed by atoms with Gasteiger partial charge in [0.05, 0.1) is 13.1 Å². The molecular weight excluding hydrogens is 230 g/mol. The maximum Gasteiger partial charge on any atom is 0.239 e. The number of likely N-dealkylation sites (N-methyl/N-ethyl adjacent to an activating group) is 1. The van der Waals surface area contributed by atoms with Crippen molar-refractivity contribution in [3.63, 3.8) is 0 Å². The molecule has 0 atom stereocenters. The zero-order valence-electron chi connectivity index (χ0n) is 11.5. The van der Waals surface area contributed by atoms with E-state index in [1.54, 1.807) is 7.05 Å². The number of nitrogens with one attached hydrogen (secondary N) is 2. The molecule has 1 fully saturated rings. The SMILES string of the molecule is CCCNC(=O)CN(C)C(=O)CNC1CCCC1. The summed E-state index contributed by atoms with van der Waals surface area (Å²) in [7, 11) is 1.67. The van der Waals surface area contributed by atoms with Crippen molar-refractivity contribution in [2.75, 3.05) is 26.7 Å². The molecule has 0 aliphatic heterocycles. The first kappa shape index (κ1) is 15.0.